The summed E-state index contributed by atoms with van der Waals surface area (Å²) in [5.74, 6) is -7.89. The first-order chi connectivity index (χ1) is 24.6. The first-order valence-corrected chi connectivity index (χ1v) is 17.5. The standard InChI is InChI=1S/C42H46O10/c1-27-7-15-31(16-8-27)41(32-17-9-28(2)10-18-32)25-35(39(5,45)49-51-41)37(43)47-23-24-48-38(44)36-26-42(52-50-40(36,6)46,33-19-11-29(3)12-20-33)34-21-13-30(4)14-22-34/h7-22,35-36,45-46H,23-26H2,1-6H3. The number of esters is 2. The molecule has 4 aromatic rings. The Bertz CT molecular complexity index is 1630. The summed E-state index contributed by atoms with van der Waals surface area (Å²) in [7, 11) is 0. The molecular weight excluding hydrogens is 664 g/mol. The molecule has 0 spiro atoms. The van der Waals surface area contributed by atoms with E-state index in [9.17, 15) is 19.8 Å². The van der Waals surface area contributed by atoms with Crippen molar-refractivity contribution in [1.29, 1.82) is 0 Å². The summed E-state index contributed by atoms with van der Waals surface area (Å²) < 4.78 is 11.2. The maximum absolute atomic E-state index is 13.6. The lowest BCUT2D eigenvalue weighted by Gasteiger charge is -2.45. The Morgan fingerprint density at radius 1 is 0.519 bits per heavy atom. The second-order valence-electron chi connectivity index (χ2n) is 14.4. The maximum atomic E-state index is 13.6. The Kier molecular flexibility index (Phi) is 10.4. The van der Waals surface area contributed by atoms with Crippen molar-refractivity contribution in [1.82, 2.24) is 0 Å². The first kappa shape index (κ1) is 37.3. The van der Waals surface area contributed by atoms with E-state index in [-0.39, 0.29) is 26.1 Å². The Labute approximate surface area is 304 Å². The van der Waals surface area contributed by atoms with E-state index in [2.05, 4.69) is 0 Å². The molecule has 0 bridgehead atoms. The summed E-state index contributed by atoms with van der Waals surface area (Å²) in [6.07, 6.45) is 0.0141. The van der Waals surface area contributed by atoms with Crippen molar-refractivity contribution in [3.63, 3.8) is 0 Å². The van der Waals surface area contributed by atoms with E-state index in [1.54, 1.807) is 0 Å². The van der Waals surface area contributed by atoms with Gasteiger partial charge >= 0.3 is 11.9 Å². The van der Waals surface area contributed by atoms with Gasteiger partial charge in [0.05, 0.1) is 0 Å². The Hall–Kier alpha value is -4.42. The summed E-state index contributed by atoms with van der Waals surface area (Å²) in [6, 6.07) is 30.8. The number of aryl methyl sites for hydroxylation is 4. The van der Waals surface area contributed by atoms with Gasteiger partial charge in [-0.15, -0.1) is 0 Å². The van der Waals surface area contributed by atoms with Gasteiger partial charge in [0, 0.05) is 12.8 Å². The largest absolute Gasteiger partial charge is 0.462 e. The van der Waals surface area contributed by atoms with Gasteiger partial charge in [0.2, 0.25) is 11.6 Å². The second kappa shape index (κ2) is 14.5. The highest BCUT2D eigenvalue weighted by Gasteiger charge is 2.56. The second-order valence-corrected chi connectivity index (χ2v) is 14.4. The molecule has 4 atom stereocenters. The molecular formula is C42H46O10. The predicted octanol–water partition coefficient (Wildman–Crippen LogP) is 6.55. The third kappa shape index (κ3) is 7.41. The van der Waals surface area contributed by atoms with Crippen LogP contribution in [0.15, 0.2) is 97.1 Å². The van der Waals surface area contributed by atoms with Crippen LogP contribution in [0.2, 0.25) is 0 Å². The van der Waals surface area contributed by atoms with E-state index in [1.807, 2.05) is 125 Å². The smallest absolute Gasteiger partial charge is 0.314 e. The van der Waals surface area contributed by atoms with Crippen LogP contribution in [0.25, 0.3) is 0 Å². The lowest BCUT2D eigenvalue weighted by molar-refractivity contribution is -0.489. The van der Waals surface area contributed by atoms with Crippen LogP contribution in [-0.4, -0.2) is 46.9 Å². The molecule has 2 aliphatic rings. The number of rotatable bonds is 9. The molecule has 52 heavy (non-hydrogen) atoms. The molecule has 2 N–H and O–H groups in total. The molecule has 0 aromatic heterocycles. The van der Waals surface area contributed by atoms with Gasteiger partial charge in [-0.05, 0) is 63.8 Å². The van der Waals surface area contributed by atoms with Gasteiger partial charge < -0.3 is 19.7 Å². The van der Waals surface area contributed by atoms with E-state index in [1.165, 1.54) is 13.8 Å². The van der Waals surface area contributed by atoms with Gasteiger partial charge in [-0.1, -0.05) is 119 Å². The normalized spacial score (nSPS) is 25.2. The van der Waals surface area contributed by atoms with Crippen LogP contribution in [0, 0.1) is 39.5 Å². The van der Waals surface area contributed by atoms with Crippen molar-refractivity contribution < 1.29 is 48.8 Å². The Morgan fingerprint density at radius 3 is 1.02 bits per heavy atom. The van der Waals surface area contributed by atoms with Crippen LogP contribution >= 0.6 is 0 Å². The number of aliphatic hydroxyl groups is 2. The molecule has 0 saturated carbocycles. The predicted molar refractivity (Wildman–Crippen MR) is 190 cm³/mol. The molecule has 2 fully saturated rings. The van der Waals surface area contributed by atoms with Gasteiger partial charge in [0.25, 0.3) is 0 Å². The van der Waals surface area contributed by atoms with E-state index in [4.69, 9.17) is 29.0 Å². The number of carbonyl (C=O) groups excluding carboxylic acids is 2. The topological polar surface area (TPSA) is 130 Å². The maximum Gasteiger partial charge on any atom is 0.314 e. The summed E-state index contributed by atoms with van der Waals surface area (Å²) in [6.45, 7) is 9.94. The lowest BCUT2D eigenvalue weighted by Crippen LogP contribution is -2.54. The molecule has 0 radical (unpaired) electrons. The fourth-order valence-corrected chi connectivity index (χ4v) is 6.83. The average Bonchev–Trinajstić information content (AvgIpc) is 3.12. The third-order valence-electron chi connectivity index (χ3n) is 10.2. The minimum Gasteiger partial charge on any atom is -0.462 e. The van der Waals surface area contributed by atoms with Crippen molar-refractivity contribution in [3.8, 4) is 0 Å². The molecule has 2 aliphatic heterocycles. The number of hydrogen-bond acceptors (Lipinski definition) is 10. The highest BCUT2D eigenvalue weighted by Crippen LogP contribution is 2.49. The zero-order chi connectivity index (χ0) is 37.3. The number of hydrogen-bond donors (Lipinski definition) is 2. The van der Waals surface area contributed by atoms with E-state index in [0.717, 1.165) is 44.5 Å². The summed E-state index contributed by atoms with van der Waals surface area (Å²) in [4.78, 5) is 50.3. The minimum absolute atomic E-state index is 0.00707. The fourth-order valence-electron chi connectivity index (χ4n) is 6.83. The van der Waals surface area contributed by atoms with E-state index >= 15 is 0 Å². The molecule has 6 rings (SSSR count). The van der Waals surface area contributed by atoms with Gasteiger partial charge in [0.15, 0.2) is 11.2 Å². The van der Waals surface area contributed by atoms with Crippen molar-refractivity contribution in [3.05, 3.63) is 142 Å². The van der Waals surface area contributed by atoms with Gasteiger partial charge in [-0.2, -0.15) is 9.78 Å². The number of ether oxygens (including phenoxy) is 2. The van der Waals surface area contributed by atoms with Crippen molar-refractivity contribution in [2.75, 3.05) is 13.2 Å². The number of carbonyl (C=O) groups is 2. The van der Waals surface area contributed by atoms with Crippen molar-refractivity contribution in [2.45, 2.75) is 77.2 Å². The van der Waals surface area contributed by atoms with Crippen LogP contribution in [0.5, 0.6) is 0 Å². The van der Waals surface area contributed by atoms with Crippen LogP contribution in [0.4, 0.5) is 0 Å². The van der Waals surface area contributed by atoms with Crippen molar-refractivity contribution in [2.24, 2.45) is 11.8 Å². The monoisotopic (exact) mass is 710 g/mol. The van der Waals surface area contributed by atoms with Gasteiger partial charge in [-0.3, -0.25) is 9.59 Å². The highest BCUT2D eigenvalue weighted by molar-refractivity contribution is 5.75. The van der Waals surface area contributed by atoms with Gasteiger partial charge in [0.1, 0.15) is 25.0 Å². The molecule has 2 saturated heterocycles. The van der Waals surface area contributed by atoms with Crippen LogP contribution in [-0.2, 0) is 49.8 Å². The molecule has 0 aliphatic carbocycles. The lowest BCUT2D eigenvalue weighted by atomic mass is 9.76. The van der Waals surface area contributed by atoms with Gasteiger partial charge in [-0.25, -0.2) is 9.78 Å². The van der Waals surface area contributed by atoms with Crippen molar-refractivity contribution >= 4 is 11.9 Å². The molecule has 274 valence electrons. The van der Waals surface area contributed by atoms with Crippen LogP contribution in [0.1, 0.15) is 71.2 Å². The summed E-state index contributed by atoms with van der Waals surface area (Å²) in [5, 5.41) is 22.3. The zero-order valence-corrected chi connectivity index (χ0v) is 30.4. The highest BCUT2D eigenvalue weighted by atomic mass is 17.2. The Morgan fingerprint density at radius 2 is 0.769 bits per heavy atom. The molecule has 10 heteroatoms. The number of benzene rings is 4. The van der Waals surface area contributed by atoms with E-state index in [0.29, 0.717) is 0 Å². The molecule has 2 heterocycles. The first-order valence-electron chi connectivity index (χ1n) is 17.5. The molecule has 4 unspecified atom stereocenters. The fraction of sp³-hybridized carbons (Fsp3) is 0.381. The Balaban J connectivity index is 1.16. The molecule has 10 nitrogen and oxygen atoms in total. The molecule has 0 amide bonds. The summed E-state index contributed by atoms with van der Waals surface area (Å²) in [5.41, 5.74) is 4.67. The third-order valence-corrected chi connectivity index (χ3v) is 10.2. The van der Waals surface area contributed by atoms with E-state index < -0.39 is 46.6 Å². The summed E-state index contributed by atoms with van der Waals surface area (Å²) >= 11 is 0. The minimum atomic E-state index is -2.01. The molecule has 4 aromatic carbocycles. The zero-order valence-electron chi connectivity index (χ0n) is 30.4. The quantitative estimate of drug-likeness (QED) is 0.112. The van der Waals surface area contributed by atoms with Crippen LogP contribution in [0.3, 0.4) is 0 Å². The average molecular weight is 711 g/mol. The van der Waals surface area contributed by atoms with Crippen LogP contribution < -0.4 is 0 Å². The SMILES string of the molecule is Cc1ccc(C2(c3ccc(C)cc3)CC(C(=O)OCCOC(=O)C3CC(c4ccc(C)cc4)(c4ccc(C)cc4)OOC3(C)O)C(C)(O)OO2)cc1.